The van der Waals surface area contributed by atoms with E-state index in [4.69, 9.17) is 9.40 Å². The van der Waals surface area contributed by atoms with Crippen LogP contribution >= 0.6 is 34.0 Å². The lowest BCUT2D eigenvalue weighted by molar-refractivity contribution is 0.620. The van der Waals surface area contributed by atoms with Gasteiger partial charge in [-0.25, -0.2) is 4.98 Å². The fourth-order valence-corrected chi connectivity index (χ4v) is 10.6. The molecule has 0 bridgehead atoms. The summed E-state index contributed by atoms with van der Waals surface area (Å²) in [7, 11) is 0. The summed E-state index contributed by atoms with van der Waals surface area (Å²) < 4.78 is 14.0. The van der Waals surface area contributed by atoms with Gasteiger partial charge >= 0.3 is 0 Å². The van der Waals surface area contributed by atoms with Crippen LogP contribution < -0.4 is 4.90 Å². The van der Waals surface area contributed by atoms with Crippen LogP contribution in [-0.4, -0.2) is 4.98 Å². The molecule has 0 amide bonds. The molecule has 0 aliphatic rings. The highest BCUT2D eigenvalue weighted by Crippen LogP contribution is 2.48. The quantitative estimate of drug-likeness (QED) is 0.185. The molecule has 11 aromatic rings. The van der Waals surface area contributed by atoms with Crippen LogP contribution in [0, 0.1) is 0 Å². The normalized spacial score (nSPS) is 12.1. The number of aromatic nitrogens is 1. The SMILES string of the molecule is c1ccc(-c2nc3cc4sc5cccc(N(c6ccc7c(c6)sc6ccccc67)c6ccc7sc8ccccc8c7c6)c5c4cc3o2)cc1. The van der Waals surface area contributed by atoms with Gasteiger partial charge < -0.3 is 9.32 Å². The molecule has 0 aliphatic carbocycles. The maximum absolute atomic E-state index is 6.39. The van der Waals surface area contributed by atoms with Crippen molar-refractivity contribution in [1.29, 1.82) is 0 Å². The third-order valence-corrected chi connectivity index (χ3v) is 12.9. The number of nitrogens with zero attached hydrogens (tertiary/aromatic N) is 2. The first-order valence-corrected chi connectivity index (χ1v) is 18.6. The van der Waals surface area contributed by atoms with Gasteiger partial charge in [0, 0.05) is 77.5 Å². The number of benzene rings is 7. The van der Waals surface area contributed by atoms with E-state index < -0.39 is 0 Å². The van der Waals surface area contributed by atoms with Crippen LogP contribution in [-0.2, 0) is 0 Å². The van der Waals surface area contributed by atoms with Gasteiger partial charge in [-0.3, -0.25) is 0 Å². The highest BCUT2D eigenvalue weighted by molar-refractivity contribution is 7.26. The van der Waals surface area contributed by atoms with Gasteiger partial charge in [-0.2, -0.15) is 0 Å². The molecular formula is C43H24N2OS3. The van der Waals surface area contributed by atoms with Gasteiger partial charge in [-0.05, 0) is 78.9 Å². The fourth-order valence-electron chi connectivity index (χ4n) is 7.25. The predicted octanol–water partition coefficient (Wildman–Crippen LogP) is 14.1. The standard InChI is InChI=1S/C43H24N2OS3/c1-2-9-25(10-3-1)43-44-33-24-41-32(23-35(33)46-43)42-34(13-8-16-39(42)49-41)45(26-18-20-38-31(21-26)29-12-5-7-15-37(29)47-38)27-17-19-30-28-11-4-6-14-36(28)48-40(30)22-27/h1-24H. The van der Waals surface area contributed by atoms with Crippen molar-refractivity contribution in [3.8, 4) is 11.5 Å². The molecule has 7 aromatic carbocycles. The molecule has 11 rings (SSSR count). The van der Waals surface area contributed by atoms with Gasteiger partial charge in [0.15, 0.2) is 5.58 Å². The zero-order valence-corrected chi connectivity index (χ0v) is 28.3. The first kappa shape index (κ1) is 27.4. The fraction of sp³-hybridized carbons (Fsp3) is 0. The van der Waals surface area contributed by atoms with Crippen LogP contribution in [0.1, 0.15) is 0 Å². The van der Waals surface area contributed by atoms with E-state index in [0.29, 0.717) is 5.89 Å². The monoisotopic (exact) mass is 680 g/mol. The van der Waals surface area contributed by atoms with Crippen molar-refractivity contribution in [3.05, 3.63) is 146 Å². The minimum Gasteiger partial charge on any atom is -0.436 e. The lowest BCUT2D eigenvalue weighted by Crippen LogP contribution is -2.10. The van der Waals surface area contributed by atoms with E-state index in [9.17, 15) is 0 Å². The Labute approximate surface area is 292 Å². The van der Waals surface area contributed by atoms with E-state index in [1.807, 2.05) is 64.3 Å². The van der Waals surface area contributed by atoms with E-state index in [1.165, 1.54) is 60.5 Å². The van der Waals surface area contributed by atoms with Crippen molar-refractivity contribution in [2.45, 2.75) is 0 Å². The summed E-state index contributed by atoms with van der Waals surface area (Å²) in [5, 5.41) is 7.58. The Kier molecular flexibility index (Phi) is 5.87. The van der Waals surface area contributed by atoms with Gasteiger partial charge in [-0.15, -0.1) is 34.0 Å². The molecule has 0 radical (unpaired) electrons. The molecule has 0 aliphatic heterocycles. The summed E-state index contributed by atoms with van der Waals surface area (Å²) in [5.74, 6) is 0.646. The Hall–Kier alpha value is -5.53. The van der Waals surface area contributed by atoms with Crippen molar-refractivity contribution in [1.82, 2.24) is 4.98 Å². The average Bonchev–Trinajstić information content (AvgIpc) is 3.92. The van der Waals surface area contributed by atoms with Crippen LogP contribution in [0.25, 0.3) is 83.1 Å². The molecule has 0 fully saturated rings. The number of rotatable bonds is 4. The average molecular weight is 681 g/mol. The first-order chi connectivity index (χ1) is 24.2. The molecule has 0 atom stereocenters. The topological polar surface area (TPSA) is 29.3 Å². The minimum atomic E-state index is 0.646. The molecule has 0 N–H and O–H groups in total. The van der Waals surface area contributed by atoms with Crippen molar-refractivity contribution >= 4 is 123 Å². The van der Waals surface area contributed by atoms with Crippen molar-refractivity contribution in [3.63, 3.8) is 0 Å². The van der Waals surface area contributed by atoms with E-state index in [-0.39, 0.29) is 0 Å². The molecule has 230 valence electrons. The van der Waals surface area contributed by atoms with Gasteiger partial charge in [0.2, 0.25) is 5.89 Å². The largest absolute Gasteiger partial charge is 0.436 e. The summed E-state index contributed by atoms with van der Waals surface area (Å²) in [6.45, 7) is 0. The third-order valence-electron chi connectivity index (χ3n) is 9.48. The van der Waals surface area contributed by atoms with Gasteiger partial charge in [0.25, 0.3) is 0 Å². The van der Waals surface area contributed by atoms with E-state index in [1.54, 1.807) is 0 Å². The van der Waals surface area contributed by atoms with Crippen molar-refractivity contribution < 1.29 is 4.42 Å². The van der Waals surface area contributed by atoms with Gasteiger partial charge in [0.05, 0.1) is 5.69 Å². The molecule has 6 heteroatoms. The smallest absolute Gasteiger partial charge is 0.227 e. The second-order valence-corrected chi connectivity index (χ2v) is 15.6. The molecule has 0 spiro atoms. The summed E-state index contributed by atoms with van der Waals surface area (Å²) in [6, 6.07) is 52.5. The lowest BCUT2D eigenvalue weighted by Gasteiger charge is -2.27. The van der Waals surface area contributed by atoms with Crippen LogP contribution in [0.4, 0.5) is 17.1 Å². The van der Waals surface area contributed by atoms with E-state index >= 15 is 0 Å². The van der Waals surface area contributed by atoms with Crippen LogP contribution in [0.2, 0.25) is 0 Å². The lowest BCUT2D eigenvalue weighted by atomic mass is 10.1. The molecule has 49 heavy (non-hydrogen) atoms. The summed E-state index contributed by atoms with van der Waals surface area (Å²) in [6.07, 6.45) is 0. The number of fused-ring (bicyclic) bond motifs is 10. The summed E-state index contributed by atoms with van der Waals surface area (Å²) >= 11 is 5.52. The van der Waals surface area contributed by atoms with E-state index in [2.05, 4.69) is 120 Å². The molecule has 0 saturated heterocycles. The molecule has 3 nitrogen and oxygen atoms in total. The molecule has 4 heterocycles. The van der Waals surface area contributed by atoms with Crippen LogP contribution in [0.3, 0.4) is 0 Å². The number of thiophene rings is 3. The third kappa shape index (κ3) is 4.21. The molecule has 4 aromatic heterocycles. The van der Waals surface area contributed by atoms with E-state index in [0.717, 1.165) is 33.7 Å². The second-order valence-electron chi connectivity index (χ2n) is 12.3. The Balaban J connectivity index is 1.18. The zero-order valence-electron chi connectivity index (χ0n) is 25.9. The van der Waals surface area contributed by atoms with Gasteiger partial charge in [-0.1, -0.05) is 66.7 Å². The predicted molar refractivity (Wildman–Crippen MR) is 213 cm³/mol. The van der Waals surface area contributed by atoms with Crippen LogP contribution in [0.15, 0.2) is 150 Å². The Morgan fingerprint density at radius 1 is 0.449 bits per heavy atom. The maximum Gasteiger partial charge on any atom is 0.227 e. The minimum absolute atomic E-state index is 0.646. The Morgan fingerprint density at radius 3 is 1.94 bits per heavy atom. The molecular weight excluding hydrogens is 657 g/mol. The Bertz CT molecular complexity index is 3070. The highest BCUT2D eigenvalue weighted by atomic mass is 32.1. The number of oxazole rings is 1. The first-order valence-electron chi connectivity index (χ1n) is 16.2. The zero-order chi connectivity index (χ0) is 32.1. The summed E-state index contributed by atoms with van der Waals surface area (Å²) in [5.41, 5.74) is 6.07. The van der Waals surface area contributed by atoms with Crippen molar-refractivity contribution in [2.75, 3.05) is 4.90 Å². The number of hydrogen-bond acceptors (Lipinski definition) is 6. The van der Waals surface area contributed by atoms with Crippen molar-refractivity contribution in [2.24, 2.45) is 0 Å². The highest BCUT2D eigenvalue weighted by Gasteiger charge is 2.22. The maximum atomic E-state index is 6.39. The summed E-state index contributed by atoms with van der Waals surface area (Å²) in [4.78, 5) is 7.33. The number of anilines is 3. The second kappa shape index (κ2) is 10.5. The van der Waals surface area contributed by atoms with Crippen LogP contribution in [0.5, 0.6) is 0 Å². The molecule has 0 unspecified atom stereocenters. The Morgan fingerprint density at radius 2 is 1.08 bits per heavy atom. The number of hydrogen-bond donors (Lipinski definition) is 0. The molecule has 0 saturated carbocycles. The van der Waals surface area contributed by atoms with Gasteiger partial charge in [0.1, 0.15) is 5.52 Å².